The first-order valence-electron chi connectivity index (χ1n) is 9.27. The highest BCUT2D eigenvalue weighted by Gasteiger charge is 2.12. The molecule has 2 aromatic rings. The van der Waals surface area contributed by atoms with E-state index in [2.05, 4.69) is 31.9 Å². The van der Waals surface area contributed by atoms with Gasteiger partial charge in [-0.1, -0.05) is 6.92 Å². The van der Waals surface area contributed by atoms with Gasteiger partial charge in [0.15, 0.2) is 5.11 Å². The van der Waals surface area contributed by atoms with Crippen LogP contribution in [0.15, 0.2) is 46.9 Å². The number of halogens is 1. The van der Waals surface area contributed by atoms with E-state index in [1.165, 1.54) is 0 Å². The van der Waals surface area contributed by atoms with Crippen LogP contribution in [0.1, 0.15) is 44.0 Å². The van der Waals surface area contributed by atoms with E-state index in [1.807, 2.05) is 20.8 Å². The summed E-state index contributed by atoms with van der Waals surface area (Å²) in [4.78, 5) is 24.0. The molecule has 6 nitrogen and oxygen atoms in total. The van der Waals surface area contributed by atoms with Gasteiger partial charge in [0, 0.05) is 23.4 Å². The van der Waals surface area contributed by atoms with Crippen LogP contribution in [0.5, 0.6) is 5.75 Å². The highest BCUT2D eigenvalue weighted by Crippen LogP contribution is 2.27. The predicted octanol–water partition coefficient (Wildman–Crippen LogP) is 5.10. The first-order valence-corrected chi connectivity index (χ1v) is 10.5. The van der Waals surface area contributed by atoms with Crippen LogP contribution in [-0.2, 0) is 4.79 Å². The summed E-state index contributed by atoms with van der Waals surface area (Å²) in [6.07, 6.45) is 1.31. The van der Waals surface area contributed by atoms with Crippen LogP contribution in [0.25, 0.3) is 0 Å². The SMILES string of the molecule is CCCC(=O)Nc1ccc(NC(=S)NC(=O)c2ccc(OC(C)C)c(Br)c2)cc1. The van der Waals surface area contributed by atoms with Crippen LogP contribution in [0.2, 0.25) is 0 Å². The number of anilines is 2. The van der Waals surface area contributed by atoms with Crippen molar-refractivity contribution in [3.63, 3.8) is 0 Å². The zero-order valence-electron chi connectivity index (χ0n) is 16.5. The van der Waals surface area contributed by atoms with E-state index in [9.17, 15) is 9.59 Å². The van der Waals surface area contributed by atoms with Crippen molar-refractivity contribution < 1.29 is 14.3 Å². The summed E-state index contributed by atoms with van der Waals surface area (Å²) in [6, 6.07) is 12.2. The Hall–Kier alpha value is -2.45. The molecule has 2 aromatic carbocycles. The highest BCUT2D eigenvalue weighted by molar-refractivity contribution is 9.10. The Balaban J connectivity index is 1.92. The summed E-state index contributed by atoms with van der Waals surface area (Å²) in [7, 11) is 0. The minimum atomic E-state index is -0.331. The number of ether oxygens (including phenoxy) is 1. The lowest BCUT2D eigenvalue weighted by Gasteiger charge is -2.13. The number of rotatable bonds is 7. The van der Waals surface area contributed by atoms with Crippen molar-refractivity contribution in [2.24, 2.45) is 0 Å². The van der Waals surface area contributed by atoms with E-state index < -0.39 is 0 Å². The summed E-state index contributed by atoms with van der Waals surface area (Å²) in [5, 5.41) is 8.59. The number of amides is 2. The largest absolute Gasteiger partial charge is 0.490 e. The van der Waals surface area contributed by atoms with Crippen LogP contribution < -0.4 is 20.7 Å². The average Bonchev–Trinajstić information content (AvgIpc) is 2.64. The van der Waals surface area contributed by atoms with Crippen molar-refractivity contribution >= 4 is 56.4 Å². The molecule has 2 amide bonds. The van der Waals surface area contributed by atoms with Gasteiger partial charge in [0.1, 0.15) is 5.75 Å². The lowest BCUT2D eigenvalue weighted by atomic mass is 10.2. The molecule has 0 aliphatic heterocycles. The number of hydrogen-bond donors (Lipinski definition) is 3. The molecule has 0 saturated heterocycles. The first kappa shape index (κ1) is 22.8. The maximum absolute atomic E-state index is 12.4. The van der Waals surface area contributed by atoms with Crippen molar-refractivity contribution in [2.45, 2.75) is 39.7 Å². The first-order chi connectivity index (χ1) is 13.8. The van der Waals surface area contributed by atoms with Crippen molar-refractivity contribution in [3.05, 3.63) is 52.5 Å². The Kier molecular flexibility index (Phi) is 8.60. The van der Waals surface area contributed by atoms with Gasteiger partial charge >= 0.3 is 0 Å². The van der Waals surface area contributed by atoms with Crippen molar-refractivity contribution in [3.8, 4) is 5.75 Å². The lowest BCUT2D eigenvalue weighted by Crippen LogP contribution is -2.34. The minimum absolute atomic E-state index is 0.0213. The van der Waals surface area contributed by atoms with E-state index in [4.69, 9.17) is 17.0 Å². The standard InChI is InChI=1S/C21H24BrN3O3S/c1-4-5-19(26)23-15-7-9-16(10-8-15)24-21(29)25-20(27)14-6-11-18(17(22)12-14)28-13(2)3/h6-13H,4-5H2,1-3H3,(H,23,26)(H2,24,25,27,29). The Bertz CT molecular complexity index is 885. The molecule has 0 saturated carbocycles. The van der Waals surface area contributed by atoms with Gasteiger partial charge in [-0.3, -0.25) is 14.9 Å². The maximum atomic E-state index is 12.4. The molecule has 3 N–H and O–H groups in total. The second kappa shape index (κ2) is 10.9. The fourth-order valence-electron chi connectivity index (χ4n) is 2.42. The smallest absolute Gasteiger partial charge is 0.257 e. The monoisotopic (exact) mass is 477 g/mol. The normalized spacial score (nSPS) is 10.4. The third kappa shape index (κ3) is 7.47. The fraction of sp³-hybridized carbons (Fsp3) is 0.286. The molecular formula is C21H24BrN3O3S. The molecule has 154 valence electrons. The quantitative estimate of drug-likeness (QED) is 0.483. The minimum Gasteiger partial charge on any atom is -0.490 e. The maximum Gasteiger partial charge on any atom is 0.257 e. The molecule has 0 fully saturated rings. The second-order valence-electron chi connectivity index (χ2n) is 6.60. The second-order valence-corrected chi connectivity index (χ2v) is 7.86. The third-order valence-electron chi connectivity index (χ3n) is 3.69. The Morgan fingerprint density at radius 1 is 1.07 bits per heavy atom. The Labute approximate surface area is 184 Å². The van der Waals surface area contributed by atoms with E-state index in [0.29, 0.717) is 33.6 Å². The van der Waals surface area contributed by atoms with E-state index in [1.54, 1.807) is 42.5 Å². The number of carbonyl (C=O) groups excluding carboxylic acids is 2. The Morgan fingerprint density at radius 3 is 2.24 bits per heavy atom. The molecule has 0 aliphatic rings. The van der Waals surface area contributed by atoms with Gasteiger partial charge in [-0.05, 0) is 90.9 Å². The number of thiocarbonyl (C=S) groups is 1. The van der Waals surface area contributed by atoms with Crippen molar-refractivity contribution in [2.75, 3.05) is 10.6 Å². The number of nitrogens with one attached hydrogen (secondary N) is 3. The highest BCUT2D eigenvalue weighted by atomic mass is 79.9. The van der Waals surface area contributed by atoms with Crippen LogP contribution in [0, 0.1) is 0 Å². The summed E-state index contributed by atoms with van der Waals surface area (Å²) < 4.78 is 6.34. The molecule has 0 aromatic heterocycles. The molecule has 0 atom stereocenters. The summed E-state index contributed by atoms with van der Waals surface area (Å²) in [6.45, 7) is 5.82. The number of benzene rings is 2. The topological polar surface area (TPSA) is 79.5 Å². The van der Waals surface area contributed by atoms with E-state index in [-0.39, 0.29) is 23.0 Å². The molecule has 2 rings (SSSR count). The zero-order chi connectivity index (χ0) is 21.4. The number of carbonyl (C=O) groups is 2. The van der Waals surface area contributed by atoms with Crippen LogP contribution in [0.3, 0.4) is 0 Å². The van der Waals surface area contributed by atoms with Gasteiger partial charge in [-0.2, -0.15) is 0 Å². The summed E-state index contributed by atoms with van der Waals surface area (Å²) in [5.41, 5.74) is 1.86. The van der Waals surface area contributed by atoms with Gasteiger partial charge in [-0.15, -0.1) is 0 Å². The third-order valence-corrected chi connectivity index (χ3v) is 4.51. The summed E-state index contributed by atoms with van der Waals surface area (Å²) >= 11 is 8.63. The molecule has 29 heavy (non-hydrogen) atoms. The lowest BCUT2D eigenvalue weighted by molar-refractivity contribution is -0.116. The van der Waals surface area contributed by atoms with Gasteiger partial charge in [0.05, 0.1) is 10.6 Å². The molecule has 0 unspecified atom stereocenters. The van der Waals surface area contributed by atoms with Crippen LogP contribution in [0.4, 0.5) is 11.4 Å². The molecule has 0 heterocycles. The molecule has 0 spiro atoms. The summed E-state index contributed by atoms with van der Waals surface area (Å²) in [5.74, 6) is 0.318. The molecule has 0 radical (unpaired) electrons. The molecule has 0 bridgehead atoms. The molecule has 0 aliphatic carbocycles. The Morgan fingerprint density at radius 2 is 1.69 bits per heavy atom. The molecule has 8 heteroatoms. The van der Waals surface area contributed by atoms with E-state index >= 15 is 0 Å². The van der Waals surface area contributed by atoms with Gasteiger partial charge in [0.2, 0.25) is 5.91 Å². The van der Waals surface area contributed by atoms with Gasteiger partial charge in [-0.25, -0.2) is 0 Å². The van der Waals surface area contributed by atoms with Crippen molar-refractivity contribution in [1.29, 1.82) is 0 Å². The van der Waals surface area contributed by atoms with Crippen LogP contribution >= 0.6 is 28.1 Å². The fourth-order valence-corrected chi connectivity index (χ4v) is 3.10. The zero-order valence-corrected chi connectivity index (χ0v) is 18.9. The van der Waals surface area contributed by atoms with Gasteiger partial charge < -0.3 is 15.4 Å². The van der Waals surface area contributed by atoms with Crippen molar-refractivity contribution in [1.82, 2.24) is 5.32 Å². The predicted molar refractivity (Wildman–Crippen MR) is 124 cm³/mol. The molecular weight excluding hydrogens is 454 g/mol. The number of hydrogen-bond acceptors (Lipinski definition) is 4. The average molecular weight is 478 g/mol. The van der Waals surface area contributed by atoms with Gasteiger partial charge in [0.25, 0.3) is 5.91 Å². The van der Waals surface area contributed by atoms with E-state index in [0.717, 1.165) is 6.42 Å². The van der Waals surface area contributed by atoms with Crippen LogP contribution in [-0.4, -0.2) is 23.0 Å².